The lowest BCUT2D eigenvalue weighted by Crippen LogP contribution is -2.06. The van der Waals surface area contributed by atoms with Crippen LogP contribution in [0.3, 0.4) is 0 Å². The number of carboxylic acid groups (broad SMARTS) is 1. The van der Waals surface area contributed by atoms with Crippen molar-refractivity contribution in [2.24, 2.45) is 7.05 Å². The molecular formula is C11H11N3O2. The fourth-order valence-electron chi connectivity index (χ4n) is 1.48. The number of benzene rings is 1. The topological polar surface area (TPSA) is 68.0 Å². The summed E-state index contributed by atoms with van der Waals surface area (Å²) in [5.41, 5.74) is 1.91. The van der Waals surface area contributed by atoms with Gasteiger partial charge in [-0.1, -0.05) is 23.8 Å². The third-order valence-electron chi connectivity index (χ3n) is 2.23. The lowest BCUT2D eigenvalue weighted by Gasteiger charge is -1.95. The van der Waals surface area contributed by atoms with Gasteiger partial charge in [0, 0.05) is 12.6 Å². The van der Waals surface area contributed by atoms with E-state index in [1.807, 2.05) is 31.2 Å². The molecule has 0 saturated heterocycles. The molecule has 0 bridgehead atoms. The van der Waals surface area contributed by atoms with Crippen LogP contribution in [0.4, 0.5) is 0 Å². The molecule has 0 atom stereocenters. The molecule has 0 unspecified atom stereocenters. The van der Waals surface area contributed by atoms with Gasteiger partial charge in [-0.2, -0.15) is 5.10 Å². The zero-order chi connectivity index (χ0) is 11.7. The Hall–Kier alpha value is -2.17. The Kier molecular flexibility index (Phi) is 2.44. The fraction of sp³-hybridized carbons (Fsp3) is 0.182. The second-order valence-corrected chi connectivity index (χ2v) is 3.56. The van der Waals surface area contributed by atoms with Crippen LogP contribution in [0.1, 0.15) is 16.2 Å². The zero-order valence-electron chi connectivity index (χ0n) is 9.01. The summed E-state index contributed by atoms with van der Waals surface area (Å²) in [7, 11) is 1.57. The van der Waals surface area contributed by atoms with Crippen molar-refractivity contribution in [1.29, 1.82) is 0 Å². The number of aromatic carboxylic acids is 1. The van der Waals surface area contributed by atoms with Gasteiger partial charge in [0.1, 0.15) is 0 Å². The lowest BCUT2D eigenvalue weighted by atomic mass is 10.1. The number of nitrogens with zero attached hydrogens (tertiary/aromatic N) is 3. The van der Waals surface area contributed by atoms with Crippen LogP contribution in [-0.4, -0.2) is 25.8 Å². The van der Waals surface area contributed by atoms with Crippen molar-refractivity contribution in [3.05, 3.63) is 35.7 Å². The Morgan fingerprint density at radius 2 is 2.19 bits per heavy atom. The first kappa shape index (κ1) is 10.4. The van der Waals surface area contributed by atoms with Gasteiger partial charge < -0.3 is 5.11 Å². The van der Waals surface area contributed by atoms with E-state index in [0.29, 0.717) is 5.82 Å². The van der Waals surface area contributed by atoms with Crippen LogP contribution in [0.15, 0.2) is 24.3 Å². The minimum absolute atomic E-state index is 0.0588. The van der Waals surface area contributed by atoms with Crippen molar-refractivity contribution >= 4 is 5.97 Å². The minimum atomic E-state index is -1.08. The largest absolute Gasteiger partial charge is 0.475 e. The Balaban J connectivity index is 2.49. The Morgan fingerprint density at radius 1 is 1.44 bits per heavy atom. The maximum absolute atomic E-state index is 10.8. The maximum atomic E-state index is 10.8. The molecule has 5 heteroatoms. The minimum Gasteiger partial charge on any atom is -0.475 e. The van der Waals surface area contributed by atoms with E-state index < -0.39 is 5.97 Å². The number of hydrogen-bond acceptors (Lipinski definition) is 3. The van der Waals surface area contributed by atoms with Crippen LogP contribution in [0.25, 0.3) is 11.4 Å². The van der Waals surface area contributed by atoms with Crippen molar-refractivity contribution in [1.82, 2.24) is 14.8 Å². The normalized spacial score (nSPS) is 10.4. The summed E-state index contributed by atoms with van der Waals surface area (Å²) in [5.74, 6) is -0.700. The van der Waals surface area contributed by atoms with Crippen LogP contribution in [0.5, 0.6) is 0 Å². The van der Waals surface area contributed by atoms with Crippen molar-refractivity contribution < 1.29 is 9.90 Å². The molecule has 1 aromatic heterocycles. The molecule has 0 radical (unpaired) electrons. The van der Waals surface area contributed by atoms with Gasteiger partial charge in [0.2, 0.25) is 5.82 Å². The molecule has 0 fully saturated rings. The van der Waals surface area contributed by atoms with E-state index in [9.17, 15) is 4.79 Å². The van der Waals surface area contributed by atoms with Crippen LogP contribution in [-0.2, 0) is 7.05 Å². The van der Waals surface area contributed by atoms with Gasteiger partial charge in [0.05, 0.1) is 0 Å². The lowest BCUT2D eigenvalue weighted by molar-refractivity contribution is 0.0678. The van der Waals surface area contributed by atoms with Crippen molar-refractivity contribution in [3.8, 4) is 11.4 Å². The van der Waals surface area contributed by atoms with E-state index in [1.165, 1.54) is 4.68 Å². The van der Waals surface area contributed by atoms with E-state index >= 15 is 0 Å². The molecule has 0 aliphatic carbocycles. The summed E-state index contributed by atoms with van der Waals surface area (Å²) < 4.78 is 1.26. The SMILES string of the molecule is Cc1cccc(-c2nc(C(=O)O)n(C)n2)c1. The summed E-state index contributed by atoms with van der Waals surface area (Å²) >= 11 is 0. The first-order chi connectivity index (χ1) is 7.58. The molecule has 1 aromatic carbocycles. The molecule has 0 saturated carbocycles. The number of aromatic nitrogens is 3. The predicted octanol–water partition coefficient (Wildman–Crippen LogP) is 1.49. The molecule has 82 valence electrons. The molecular weight excluding hydrogens is 206 g/mol. The van der Waals surface area contributed by atoms with Crippen LogP contribution < -0.4 is 0 Å². The van der Waals surface area contributed by atoms with Crippen LogP contribution in [0, 0.1) is 6.92 Å². The number of carbonyl (C=O) groups is 1. The van der Waals surface area contributed by atoms with Crippen molar-refractivity contribution in [2.45, 2.75) is 6.92 Å². The van der Waals surface area contributed by atoms with Crippen molar-refractivity contribution in [2.75, 3.05) is 0 Å². The Morgan fingerprint density at radius 3 is 2.75 bits per heavy atom. The first-order valence-corrected chi connectivity index (χ1v) is 4.79. The second-order valence-electron chi connectivity index (χ2n) is 3.56. The van der Waals surface area contributed by atoms with Gasteiger partial charge in [-0.05, 0) is 13.0 Å². The Labute approximate surface area is 92.4 Å². The third kappa shape index (κ3) is 1.79. The van der Waals surface area contributed by atoms with Gasteiger partial charge in [-0.25, -0.2) is 14.5 Å². The van der Waals surface area contributed by atoms with E-state index in [1.54, 1.807) is 7.05 Å². The molecule has 0 spiro atoms. The number of hydrogen-bond donors (Lipinski definition) is 1. The predicted molar refractivity (Wildman–Crippen MR) is 58.1 cm³/mol. The van der Waals surface area contributed by atoms with Gasteiger partial charge in [-0.3, -0.25) is 0 Å². The van der Waals surface area contributed by atoms with E-state index in [2.05, 4.69) is 10.1 Å². The van der Waals surface area contributed by atoms with Gasteiger partial charge in [-0.15, -0.1) is 0 Å². The highest BCUT2D eigenvalue weighted by Gasteiger charge is 2.14. The van der Waals surface area contributed by atoms with Gasteiger partial charge >= 0.3 is 5.97 Å². The Bertz CT molecular complexity index is 546. The molecule has 0 aliphatic heterocycles. The summed E-state index contributed by atoms with van der Waals surface area (Å²) in [6, 6.07) is 7.63. The molecule has 0 amide bonds. The third-order valence-corrected chi connectivity index (χ3v) is 2.23. The first-order valence-electron chi connectivity index (χ1n) is 4.79. The smallest absolute Gasteiger partial charge is 0.373 e. The highest BCUT2D eigenvalue weighted by atomic mass is 16.4. The highest BCUT2D eigenvalue weighted by molar-refractivity contribution is 5.84. The summed E-state index contributed by atoms with van der Waals surface area (Å²) in [6.45, 7) is 1.96. The molecule has 2 rings (SSSR count). The summed E-state index contributed by atoms with van der Waals surface area (Å²) in [4.78, 5) is 14.8. The number of carboxylic acids is 1. The van der Waals surface area contributed by atoms with Crippen LogP contribution in [0.2, 0.25) is 0 Å². The molecule has 16 heavy (non-hydrogen) atoms. The molecule has 1 heterocycles. The molecule has 2 aromatic rings. The average molecular weight is 217 g/mol. The van der Waals surface area contributed by atoms with Crippen LogP contribution >= 0.6 is 0 Å². The standard InChI is InChI=1S/C11H11N3O2/c1-7-4-3-5-8(6-7)9-12-10(11(15)16)14(2)13-9/h3-6H,1-2H3,(H,15,16). The fourth-order valence-corrected chi connectivity index (χ4v) is 1.48. The van der Waals surface area contributed by atoms with E-state index in [-0.39, 0.29) is 5.82 Å². The molecule has 0 aliphatic rings. The summed E-state index contributed by atoms with van der Waals surface area (Å²) in [5, 5.41) is 12.9. The average Bonchev–Trinajstić information content (AvgIpc) is 2.60. The second kappa shape index (κ2) is 3.77. The quantitative estimate of drug-likeness (QED) is 0.827. The highest BCUT2D eigenvalue weighted by Crippen LogP contribution is 2.16. The van der Waals surface area contributed by atoms with E-state index in [4.69, 9.17) is 5.11 Å². The van der Waals surface area contributed by atoms with E-state index in [0.717, 1.165) is 11.1 Å². The molecule has 5 nitrogen and oxygen atoms in total. The maximum Gasteiger partial charge on any atom is 0.373 e. The van der Waals surface area contributed by atoms with Gasteiger partial charge in [0.25, 0.3) is 0 Å². The van der Waals surface area contributed by atoms with Gasteiger partial charge in [0.15, 0.2) is 5.82 Å². The number of aryl methyl sites for hydroxylation is 2. The number of rotatable bonds is 2. The summed E-state index contributed by atoms with van der Waals surface area (Å²) in [6.07, 6.45) is 0. The zero-order valence-corrected chi connectivity index (χ0v) is 9.01. The van der Waals surface area contributed by atoms with Crippen molar-refractivity contribution in [3.63, 3.8) is 0 Å². The molecule has 1 N–H and O–H groups in total. The monoisotopic (exact) mass is 217 g/mol.